The number of carboxylic acid groups (broad SMARTS) is 1. The Morgan fingerprint density at radius 1 is 1.45 bits per heavy atom. The van der Waals surface area contributed by atoms with E-state index in [0.29, 0.717) is 5.92 Å². The Labute approximate surface area is 80.1 Å². The van der Waals surface area contributed by atoms with Gasteiger partial charge in [-0.05, 0) is 18.8 Å². The second kappa shape index (κ2) is 4.87. The summed E-state index contributed by atoms with van der Waals surface area (Å²) in [6.07, 6.45) is 4.08. The maximum atomic E-state index is 10.5. The third-order valence-electron chi connectivity index (χ3n) is 2.29. The van der Waals surface area contributed by atoms with Crippen LogP contribution in [-0.2, 0) is 24.3 Å². The van der Waals surface area contributed by atoms with Gasteiger partial charge in [-0.15, -0.1) is 0 Å². The van der Waals surface area contributed by atoms with E-state index in [1.165, 1.54) is 6.42 Å². The van der Waals surface area contributed by atoms with Crippen molar-refractivity contribution in [3.8, 4) is 0 Å². The Balaban J connectivity index is 0.000001000. The normalized spacial score (nSPS) is 30.6. The average molecular weight is 208 g/mol. The second-order valence-corrected chi connectivity index (χ2v) is 3.31. The predicted octanol–water partition coefficient (Wildman–Crippen LogP) is 1.89. The van der Waals surface area contributed by atoms with Crippen LogP contribution in [0.15, 0.2) is 0 Å². The van der Waals surface area contributed by atoms with Gasteiger partial charge in [-0.2, -0.15) is 0 Å². The molecule has 1 N–H and O–H groups in total. The van der Waals surface area contributed by atoms with Gasteiger partial charge in [0.15, 0.2) is 0 Å². The first kappa shape index (κ1) is 11.1. The molecule has 0 amide bonds. The number of aliphatic carboxylic acids is 1. The van der Waals surface area contributed by atoms with Gasteiger partial charge in [-0.25, -0.2) is 0 Å². The molecule has 0 aromatic heterocycles. The van der Waals surface area contributed by atoms with Crippen molar-refractivity contribution < 1.29 is 29.4 Å². The van der Waals surface area contributed by atoms with Crippen molar-refractivity contribution in [3.63, 3.8) is 0 Å². The minimum absolute atomic E-state index is 0. The molecule has 1 fully saturated rings. The molecular formula is C8H14O2Zn. The van der Waals surface area contributed by atoms with Gasteiger partial charge in [-0.3, -0.25) is 4.79 Å². The van der Waals surface area contributed by atoms with Gasteiger partial charge in [0.25, 0.3) is 0 Å². The first-order valence-corrected chi connectivity index (χ1v) is 3.93. The van der Waals surface area contributed by atoms with Crippen LogP contribution >= 0.6 is 0 Å². The fourth-order valence-corrected chi connectivity index (χ4v) is 1.66. The van der Waals surface area contributed by atoms with Crippen LogP contribution in [0, 0.1) is 11.8 Å². The molecule has 11 heavy (non-hydrogen) atoms. The first-order valence-electron chi connectivity index (χ1n) is 3.93. The molecule has 60 valence electrons. The maximum Gasteiger partial charge on any atom is 0.306 e. The zero-order valence-corrected chi connectivity index (χ0v) is 10.0. The van der Waals surface area contributed by atoms with E-state index in [-0.39, 0.29) is 25.4 Å². The quantitative estimate of drug-likeness (QED) is 0.667. The minimum Gasteiger partial charge on any atom is -0.481 e. The van der Waals surface area contributed by atoms with E-state index in [1.54, 1.807) is 0 Å². The minimum atomic E-state index is -0.605. The molecule has 0 heterocycles. The Morgan fingerprint density at radius 2 is 2.09 bits per heavy atom. The number of rotatable bonds is 1. The molecule has 1 rings (SSSR count). The molecule has 0 aromatic carbocycles. The molecule has 1 aliphatic carbocycles. The largest absolute Gasteiger partial charge is 0.481 e. The van der Waals surface area contributed by atoms with E-state index in [2.05, 4.69) is 6.92 Å². The average Bonchev–Trinajstić information content (AvgIpc) is 1.88. The zero-order valence-electron chi connectivity index (χ0n) is 7.05. The van der Waals surface area contributed by atoms with Gasteiger partial charge >= 0.3 is 5.97 Å². The van der Waals surface area contributed by atoms with E-state index in [0.717, 1.165) is 19.3 Å². The molecule has 0 spiro atoms. The zero-order chi connectivity index (χ0) is 7.56. The second-order valence-electron chi connectivity index (χ2n) is 3.31. The van der Waals surface area contributed by atoms with Crippen LogP contribution in [0.5, 0.6) is 0 Å². The molecule has 2 unspecified atom stereocenters. The third kappa shape index (κ3) is 3.33. The van der Waals surface area contributed by atoms with E-state index in [1.807, 2.05) is 0 Å². The first-order chi connectivity index (χ1) is 4.70. The van der Waals surface area contributed by atoms with Crippen molar-refractivity contribution in [1.82, 2.24) is 0 Å². The van der Waals surface area contributed by atoms with E-state index < -0.39 is 5.97 Å². The summed E-state index contributed by atoms with van der Waals surface area (Å²) in [7, 11) is 0. The predicted molar refractivity (Wildman–Crippen MR) is 38.8 cm³/mol. The van der Waals surface area contributed by atoms with Gasteiger partial charge in [0.2, 0.25) is 0 Å². The van der Waals surface area contributed by atoms with Crippen molar-refractivity contribution in [2.24, 2.45) is 11.8 Å². The smallest absolute Gasteiger partial charge is 0.306 e. The van der Waals surface area contributed by atoms with E-state index in [4.69, 9.17) is 5.11 Å². The van der Waals surface area contributed by atoms with Crippen molar-refractivity contribution in [2.45, 2.75) is 32.6 Å². The van der Waals surface area contributed by atoms with Gasteiger partial charge in [0.1, 0.15) is 0 Å². The Bertz CT molecular complexity index is 136. The molecular weight excluding hydrogens is 193 g/mol. The molecule has 0 aromatic rings. The summed E-state index contributed by atoms with van der Waals surface area (Å²) in [6.45, 7) is 2.13. The number of carbonyl (C=O) groups is 1. The fourth-order valence-electron chi connectivity index (χ4n) is 1.66. The Hall–Kier alpha value is 0.0934. The standard InChI is InChI=1S/C8H14O2.Zn/c1-6-3-2-4-7(5-6)8(9)10;/h6-7H,2-5H2,1H3,(H,9,10);. The van der Waals surface area contributed by atoms with Gasteiger partial charge in [0.05, 0.1) is 5.92 Å². The van der Waals surface area contributed by atoms with Crippen molar-refractivity contribution in [1.29, 1.82) is 0 Å². The van der Waals surface area contributed by atoms with Crippen LogP contribution < -0.4 is 0 Å². The van der Waals surface area contributed by atoms with Crippen molar-refractivity contribution in [2.75, 3.05) is 0 Å². The van der Waals surface area contributed by atoms with Crippen LogP contribution in [0.3, 0.4) is 0 Å². The molecule has 1 saturated carbocycles. The molecule has 2 nitrogen and oxygen atoms in total. The Kier molecular flexibility index (Phi) is 4.91. The summed E-state index contributed by atoms with van der Waals surface area (Å²) < 4.78 is 0. The van der Waals surface area contributed by atoms with Crippen molar-refractivity contribution >= 4 is 5.97 Å². The summed E-state index contributed by atoms with van der Waals surface area (Å²) in [5, 5.41) is 8.66. The maximum absolute atomic E-state index is 10.5. The summed E-state index contributed by atoms with van der Waals surface area (Å²) in [6, 6.07) is 0. The van der Waals surface area contributed by atoms with Gasteiger partial charge in [-0.1, -0.05) is 19.8 Å². The molecule has 0 saturated heterocycles. The fraction of sp³-hybridized carbons (Fsp3) is 0.875. The molecule has 0 aliphatic heterocycles. The topological polar surface area (TPSA) is 37.3 Å². The third-order valence-corrected chi connectivity index (χ3v) is 2.29. The molecule has 3 heteroatoms. The SMILES string of the molecule is CC1CCCC(C(=O)O)C1.[Zn]. The van der Waals surface area contributed by atoms with E-state index >= 15 is 0 Å². The molecule has 0 bridgehead atoms. The monoisotopic (exact) mass is 206 g/mol. The van der Waals surface area contributed by atoms with Crippen LogP contribution in [-0.4, -0.2) is 11.1 Å². The van der Waals surface area contributed by atoms with E-state index in [9.17, 15) is 4.79 Å². The molecule has 2 atom stereocenters. The molecule has 0 radical (unpaired) electrons. The van der Waals surface area contributed by atoms with Crippen LogP contribution in [0.25, 0.3) is 0 Å². The summed E-state index contributed by atoms with van der Waals surface area (Å²) in [5.74, 6) is -0.0369. The van der Waals surface area contributed by atoms with Crippen LogP contribution in [0.4, 0.5) is 0 Å². The number of hydrogen-bond donors (Lipinski definition) is 1. The summed E-state index contributed by atoms with van der Waals surface area (Å²) in [5.41, 5.74) is 0. The van der Waals surface area contributed by atoms with Gasteiger partial charge in [0, 0.05) is 19.5 Å². The number of carboxylic acids is 1. The number of hydrogen-bond acceptors (Lipinski definition) is 1. The van der Waals surface area contributed by atoms with Crippen LogP contribution in [0.2, 0.25) is 0 Å². The summed E-state index contributed by atoms with van der Waals surface area (Å²) in [4.78, 5) is 10.5. The molecule has 1 aliphatic rings. The Morgan fingerprint density at radius 3 is 2.45 bits per heavy atom. The summed E-state index contributed by atoms with van der Waals surface area (Å²) >= 11 is 0. The van der Waals surface area contributed by atoms with Crippen molar-refractivity contribution in [3.05, 3.63) is 0 Å². The van der Waals surface area contributed by atoms with Gasteiger partial charge < -0.3 is 5.11 Å². The van der Waals surface area contributed by atoms with Crippen LogP contribution in [0.1, 0.15) is 32.6 Å².